The Morgan fingerprint density at radius 1 is 1.47 bits per heavy atom. The second kappa shape index (κ2) is 6.70. The summed E-state index contributed by atoms with van der Waals surface area (Å²) >= 11 is 0. The van der Waals surface area contributed by atoms with Gasteiger partial charge in [0.15, 0.2) is 0 Å². The number of methoxy groups -OCH3 is 1. The number of hydrogen-bond acceptors (Lipinski definition) is 3. The van der Waals surface area contributed by atoms with E-state index in [1.807, 2.05) is 19.1 Å². The Kier molecular flexibility index (Phi) is 5.23. The molecular formula is C13H16O4. The first-order valence-corrected chi connectivity index (χ1v) is 5.28. The molecule has 0 radical (unpaired) electrons. The summed E-state index contributed by atoms with van der Waals surface area (Å²) in [4.78, 5) is 10.8. The fraction of sp³-hybridized carbons (Fsp3) is 0.308. The smallest absolute Gasteiger partial charge is 0.335 e. The lowest BCUT2D eigenvalue weighted by Gasteiger charge is -2.09. The van der Waals surface area contributed by atoms with Crippen molar-refractivity contribution in [1.82, 2.24) is 0 Å². The van der Waals surface area contributed by atoms with Gasteiger partial charge in [-0.25, -0.2) is 4.79 Å². The lowest BCUT2D eigenvalue weighted by Crippen LogP contribution is -2.01. The van der Waals surface area contributed by atoms with Gasteiger partial charge in [0.25, 0.3) is 0 Å². The van der Waals surface area contributed by atoms with Crippen molar-refractivity contribution in [2.45, 2.75) is 13.5 Å². The molecule has 1 aromatic rings. The van der Waals surface area contributed by atoms with E-state index in [4.69, 9.17) is 14.6 Å². The van der Waals surface area contributed by atoms with Gasteiger partial charge in [0.05, 0.1) is 25.9 Å². The molecule has 1 N–H and O–H groups in total. The quantitative estimate of drug-likeness (QED) is 0.609. The molecule has 0 atom stereocenters. The van der Waals surface area contributed by atoms with Gasteiger partial charge in [-0.1, -0.05) is 12.2 Å². The minimum Gasteiger partial charge on any atom is -0.496 e. The lowest BCUT2D eigenvalue weighted by atomic mass is 10.1. The lowest BCUT2D eigenvalue weighted by molar-refractivity contribution is 0.0696. The van der Waals surface area contributed by atoms with Crippen LogP contribution in [0.5, 0.6) is 5.75 Å². The van der Waals surface area contributed by atoms with E-state index in [9.17, 15) is 4.79 Å². The van der Waals surface area contributed by atoms with Crippen molar-refractivity contribution in [3.63, 3.8) is 0 Å². The number of hydrogen-bond donors (Lipinski definition) is 1. The van der Waals surface area contributed by atoms with Crippen LogP contribution in [0.2, 0.25) is 0 Å². The van der Waals surface area contributed by atoms with Gasteiger partial charge >= 0.3 is 5.97 Å². The van der Waals surface area contributed by atoms with Crippen LogP contribution in [0.15, 0.2) is 30.4 Å². The van der Waals surface area contributed by atoms with Gasteiger partial charge in [-0.2, -0.15) is 0 Å². The average molecular weight is 236 g/mol. The molecule has 0 saturated heterocycles. The fourth-order valence-corrected chi connectivity index (χ4v) is 1.36. The van der Waals surface area contributed by atoms with Crippen LogP contribution in [0.1, 0.15) is 22.8 Å². The average Bonchev–Trinajstić information content (AvgIpc) is 2.34. The molecule has 0 amide bonds. The van der Waals surface area contributed by atoms with Gasteiger partial charge < -0.3 is 14.6 Å². The molecule has 0 saturated carbocycles. The molecule has 0 bridgehead atoms. The van der Waals surface area contributed by atoms with Crippen molar-refractivity contribution in [2.24, 2.45) is 0 Å². The highest BCUT2D eigenvalue weighted by Crippen LogP contribution is 2.20. The van der Waals surface area contributed by atoms with Crippen molar-refractivity contribution in [1.29, 1.82) is 0 Å². The Labute approximate surface area is 100 Å². The Morgan fingerprint density at radius 2 is 2.24 bits per heavy atom. The zero-order valence-corrected chi connectivity index (χ0v) is 9.97. The third-order valence-corrected chi connectivity index (χ3v) is 2.23. The van der Waals surface area contributed by atoms with Crippen LogP contribution >= 0.6 is 0 Å². The van der Waals surface area contributed by atoms with Crippen molar-refractivity contribution < 1.29 is 19.4 Å². The van der Waals surface area contributed by atoms with Crippen LogP contribution in [0.25, 0.3) is 0 Å². The first kappa shape index (κ1) is 13.3. The first-order chi connectivity index (χ1) is 8.19. The maximum atomic E-state index is 10.8. The van der Waals surface area contributed by atoms with Gasteiger partial charge in [-0.3, -0.25) is 0 Å². The van der Waals surface area contributed by atoms with Crippen LogP contribution in [0.3, 0.4) is 0 Å². The summed E-state index contributed by atoms with van der Waals surface area (Å²) < 4.78 is 10.5. The summed E-state index contributed by atoms with van der Waals surface area (Å²) in [5.41, 5.74) is 0.965. The Bertz CT molecular complexity index is 410. The number of carboxylic acids is 1. The van der Waals surface area contributed by atoms with Crippen LogP contribution in [0, 0.1) is 0 Å². The summed E-state index contributed by atoms with van der Waals surface area (Å²) in [6.07, 6.45) is 3.78. The Morgan fingerprint density at radius 3 is 2.82 bits per heavy atom. The maximum absolute atomic E-state index is 10.8. The van der Waals surface area contributed by atoms with Crippen molar-refractivity contribution in [2.75, 3.05) is 13.7 Å². The van der Waals surface area contributed by atoms with Crippen LogP contribution in [-0.4, -0.2) is 24.8 Å². The van der Waals surface area contributed by atoms with Crippen molar-refractivity contribution >= 4 is 5.97 Å². The van der Waals surface area contributed by atoms with Crippen molar-refractivity contribution in [3.05, 3.63) is 41.5 Å². The molecule has 0 aliphatic heterocycles. The molecular weight excluding hydrogens is 220 g/mol. The highest BCUT2D eigenvalue weighted by atomic mass is 16.5. The Balaban J connectivity index is 2.79. The van der Waals surface area contributed by atoms with E-state index in [2.05, 4.69) is 0 Å². The number of carbonyl (C=O) groups is 1. The summed E-state index contributed by atoms with van der Waals surface area (Å²) in [6, 6.07) is 4.71. The molecule has 4 nitrogen and oxygen atoms in total. The van der Waals surface area contributed by atoms with Crippen LogP contribution in [-0.2, 0) is 11.3 Å². The number of aromatic carboxylic acids is 1. The molecule has 0 spiro atoms. The predicted molar refractivity (Wildman–Crippen MR) is 64.4 cm³/mol. The monoisotopic (exact) mass is 236 g/mol. The standard InChI is InChI=1S/C13H16O4/c1-3-4-7-17-9-11-8-10(13(14)15)5-6-12(11)16-2/h3-6,8H,7,9H2,1-2H3,(H,14,15)/b4-3+. The summed E-state index contributed by atoms with van der Waals surface area (Å²) in [5, 5.41) is 8.89. The van der Waals surface area contributed by atoms with Crippen LogP contribution in [0.4, 0.5) is 0 Å². The molecule has 92 valence electrons. The first-order valence-electron chi connectivity index (χ1n) is 5.28. The molecule has 1 aromatic carbocycles. The molecule has 0 aliphatic rings. The van der Waals surface area contributed by atoms with Gasteiger partial charge in [0, 0.05) is 5.56 Å². The second-order valence-electron chi connectivity index (χ2n) is 3.42. The van der Waals surface area contributed by atoms with Gasteiger partial charge in [-0.15, -0.1) is 0 Å². The van der Waals surface area contributed by atoms with Gasteiger partial charge in [0.1, 0.15) is 5.75 Å². The number of allylic oxidation sites excluding steroid dienone is 1. The number of carboxylic acid groups (broad SMARTS) is 1. The molecule has 1 rings (SSSR count). The molecule has 0 heterocycles. The minimum absolute atomic E-state index is 0.232. The third kappa shape index (κ3) is 3.92. The molecule has 0 fully saturated rings. The fourth-order valence-electron chi connectivity index (χ4n) is 1.36. The number of ether oxygens (including phenoxy) is 2. The largest absolute Gasteiger partial charge is 0.496 e. The van der Waals surface area contributed by atoms with E-state index in [0.29, 0.717) is 19.0 Å². The van der Waals surface area contributed by atoms with Crippen LogP contribution < -0.4 is 4.74 Å². The van der Waals surface area contributed by atoms with E-state index >= 15 is 0 Å². The van der Waals surface area contributed by atoms with E-state index < -0.39 is 5.97 Å². The summed E-state index contributed by atoms with van der Waals surface area (Å²) in [7, 11) is 1.55. The van der Waals surface area contributed by atoms with E-state index in [-0.39, 0.29) is 5.56 Å². The molecule has 0 aromatic heterocycles. The Hall–Kier alpha value is -1.81. The normalized spacial score (nSPS) is 10.7. The van der Waals surface area contributed by atoms with Crippen molar-refractivity contribution in [3.8, 4) is 5.75 Å². The molecule has 0 aliphatic carbocycles. The van der Waals surface area contributed by atoms with E-state index in [0.717, 1.165) is 5.56 Å². The molecule has 4 heteroatoms. The summed E-state index contributed by atoms with van der Waals surface area (Å²) in [5.74, 6) is -0.321. The maximum Gasteiger partial charge on any atom is 0.335 e. The predicted octanol–water partition coefficient (Wildman–Crippen LogP) is 2.49. The van der Waals surface area contributed by atoms with Gasteiger partial charge in [-0.05, 0) is 25.1 Å². The zero-order chi connectivity index (χ0) is 12.7. The number of rotatable bonds is 6. The second-order valence-corrected chi connectivity index (χ2v) is 3.42. The zero-order valence-electron chi connectivity index (χ0n) is 9.97. The summed E-state index contributed by atoms with van der Waals surface area (Å²) in [6.45, 7) is 2.74. The van der Waals surface area contributed by atoms with E-state index in [1.54, 1.807) is 19.2 Å². The SMILES string of the molecule is C/C=C/COCc1cc(C(=O)O)ccc1OC. The highest BCUT2D eigenvalue weighted by molar-refractivity contribution is 5.88. The third-order valence-electron chi connectivity index (χ3n) is 2.23. The highest BCUT2D eigenvalue weighted by Gasteiger charge is 2.08. The van der Waals surface area contributed by atoms with Gasteiger partial charge in [0.2, 0.25) is 0 Å². The topological polar surface area (TPSA) is 55.8 Å². The minimum atomic E-state index is -0.956. The number of benzene rings is 1. The van der Waals surface area contributed by atoms with E-state index in [1.165, 1.54) is 6.07 Å². The molecule has 17 heavy (non-hydrogen) atoms. The molecule has 0 unspecified atom stereocenters.